The van der Waals surface area contributed by atoms with E-state index >= 15 is 0 Å². The van der Waals surface area contributed by atoms with Gasteiger partial charge in [-0.25, -0.2) is 4.68 Å². The van der Waals surface area contributed by atoms with Gasteiger partial charge in [-0.15, -0.1) is 5.10 Å². The highest BCUT2D eigenvalue weighted by molar-refractivity contribution is 6.04. The van der Waals surface area contributed by atoms with Gasteiger partial charge in [-0.2, -0.15) is 0 Å². The minimum absolute atomic E-state index is 0.0868. The number of nitrogens with zero attached hydrogens (tertiary/aromatic N) is 3. The Morgan fingerprint density at radius 3 is 2.84 bits per heavy atom. The zero-order chi connectivity index (χ0) is 17.6. The van der Waals surface area contributed by atoms with Crippen molar-refractivity contribution >= 4 is 28.3 Å². The monoisotopic (exact) mass is 334 g/mol. The second-order valence-corrected chi connectivity index (χ2v) is 6.01. The largest absolute Gasteiger partial charge is 0.325 e. The third kappa shape index (κ3) is 2.50. The number of rotatable bonds is 3. The molecule has 25 heavy (non-hydrogen) atoms. The molecule has 3 aromatic rings. The summed E-state index contributed by atoms with van der Waals surface area (Å²) in [4.78, 5) is 36.7. The molecule has 1 aliphatic rings. The molecule has 1 amide bonds. The molecule has 2 heterocycles. The van der Waals surface area contributed by atoms with Gasteiger partial charge >= 0.3 is 0 Å². The number of ketones is 1. The summed E-state index contributed by atoms with van der Waals surface area (Å²) in [5.41, 5.74) is 2.07. The van der Waals surface area contributed by atoms with Crippen molar-refractivity contribution in [3.63, 3.8) is 0 Å². The van der Waals surface area contributed by atoms with Crippen LogP contribution in [0.15, 0.2) is 47.3 Å². The molecular weight excluding hydrogens is 320 g/mol. The smallest absolute Gasteiger partial charge is 0.278 e. The molecule has 0 spiro atoms. The molecule has 7 nitrogen and oxygen atoms in total. The van der Waals surface area contributed by atoms with Crippen molar-refractivity contribution in [2.75, 3.05) is 5.32 Å². The minimum Gasteiger partial charge on any atom is -0.325 e. The van der Waals surface area contributed by atoms with E-state index in [0.717, 1.165) is 15.9 Å². The molecule has 1 aliphatic heterocycles. The Bertz CT molecular complexity index is 1090. The van der Waals surface area contributed by atoms with Gasteiger partial charge in [0.15, 0.2) is 5.78 Å². The summed E-state index contributed by atoms with van der Waals surface area (Å²) in [5, 5.41) is 11.0. The highest BCUT2D eigenvalue weighted by Crippen LogP contribution is 2.32. The second kappa shape index (κ2) is 5.62. The number of Topliss-reactive ketones (excluding diaryl/α,β-unsaturated/α-hetero) is 1. The molecule has 0 bridgehead atoms. The lowest BCUT2D eigenvalue weighted by Crippen LogP contribution is -2.27. The van der Waals surface area contributed by atoms with Crippen molar-refractivity contribution < 1.29 is 9.59 Å². The van der Waals surface area contributed by atoms with Gasteiger partial charge in [0.2, 0.25) is 5.91 Å². The molecule has 1 N–H and O–H groups in total. The molecular formula is C18H14N4O3. The van der Waals surface area contributed by atoms with Crippen LogP contribution in [0.5, 0.6) is 0 Å². The number of aromatic nitrogens is 3. The van der Waals surface area contributed by atoms with E-state index in [1.54, 1.807) is 49.4 Å². The minimum atomic E-state index is -0.356. The molecule has 0 radical (unpaired) electrons. The van der Waals surface area contributed by atoms with Gasteiger partial charge in [0.05, 0.1) is 11.3 Å². The van der Waals surface area contributed by atoms with Gasteiger partial charge in [0.1, 0.15) is 12.1 Å². The lowest BCUT2D eigenvalue weighted by atomic mass is 9.99. The van der Waals surface area contributed by atoms with Crippen molar-refractivity contribution in [2.45, 2.75) is 19.4 Å². The molecule has 0 fully saturated rings. The maximum absolute atomic E-state index is 12.6. The second-order valence-electron chi connectivity index (χ2n) is 6.01. The first-order valence-corrected chi connectivity index (χ1v) is 7.85. The third-order valence-electron chi connectivity index (χ3n) is 4.41. The molecule has 0 saturated carbocycles. The van der Waals surface area contributed by atoms with E-state index in [2.05, 4.69) is 15.6 Å². The molecule has 4 rings (SSSR count). The number of benzene rings is 2. The Kier molecular flexibility index (Phi) is 3.42. The van der Waals surface area contributed by atoms with Gasteiger partial charge in [-0.3, -0.25) is 14.4 Å². The molecule has 124 valence electrons. The first-order valence-electron chi connectivity index (χ1n) is 7.85. The topological polar surface area (TPSA) is 93.9 Å². The summed E-state index contributed by atoms with van der Waals surface area (Å²) in [6.07, 6.45) is 0. The molecule has 2 aromatic carbocycles. The number of carbonyl (C=O) groups excluding carboxylic acids is 2. The maximum Gasteiger partial charge on any atom is 0.278 e. The number of amides is 1. The summed E-state index contributed by atoms with van der Waals surface area (Å²) in [5.74, 6) is -0.650. The van der Waals surface area contributed by atoms with Gasteiger partial charge in [0, 0.05) is 11.3 Å². The summed E-state index contributed by atoms with van der Waals surface area (Å²) < 4.78 is 1.06. The van der Waals surface area contributed by atoms with Crippen LogP contribution in [-0.4, -0.2) is 26.7 Å². The van der Waals surface area contributed by atoms with E-state index in [1.807, 2.05) is 0 Å². The standard InChI is InChI=1S/C18H14N4O3/c1-10-13-8-11(6-7-14(13)19-17(10)24)16(23)9-22-18(25)12-4-2-3-5-15(12)20-21-22/h2-8,10H,9H2,1H3,(H,19,24)/t10-/m0/s1. The van der Waals surface area contributed by atoms with Crippen LogP contribution in [0.3, 0.4) is 0 Å². The fourth-order valence-corrected chi connectivity index (χ4v) is 2.94. The zero-order valence-corrected chi connectivity index (χ0v) is 13.4. The van der Waals surface area contributed by atoms with Gasteiger partial charge in [0.25, 0.3) is 5.56 Å². The maximum atomic E-state index is 12.6. The normalized spacial score (nSPS) is 15.9. The van der Waals surface area contributed by atoms with Crippen molar-refractivity contribution in [3.8, 4) is 0 Å². The number of hydrogen-bond donors (Lipinski definition) is 1. The summed E-state index contributed by atoms with van der Waals surface area (Å²) >= 11 is 0. The number of fused-ring (bicyclic) bond motifs is 2. The Morgan fingerprint density at radius 1 is 1.20 bits per heavy atom. The number of hydrogen-bond acceptors (Lipinski definition) is 5. The molecule has 0 unspecified atom stereocenters. The highest BCUT2D eigenvalue weighted by atomic mass is 16.2. The highest BCUT2D eigenvalue weighted by Gasteiger charge is 2.27. The van der Waals surface area contributed by atoms with E-state index in [-0.39, 0.29) is 29.7 Å². The van der Waals surface area contributed by atoms with Crippen LogP contribution in [0.2, 0.25) is 0 Å². The van der Waals surface area contributed by atoms with Crippen LogP contribution in [0.4, 0.5) is 5.69 Å². The first-order chi connectivity index (χ1) is 12.0. The fourth-order valence-electron chi connectivity index (χ4n) is 2.94. The van der Waals surface area contributed by atoms with Crippen molar-refractivity contribution in [1.29, 1.82) is 0 Å². The number of anilines is 1. The summed E-state index contributed by atoms with van der Waals surface area (Å²) in [6.45, 7) is 1.58. The van der Waals surface area contributed by atoms with E-state index in [0.29, 0.717) is 16.5 Å². The predicted molar refractivity (Wildman–Crippen MR) is 91.6 cm³/mol. The van der Waals surface area contributed by atoms with E-state index in [4.69, 9.17) is 0 Å². The van der Waals surface area contributed by atoms with Crippen molar-refractivity contribution in [1.82, 2.24) is 15.0 Å². The van der Waals surface area contributed by atoms with Crippen molar-refractivity contribution in [3.05, 3.63) is 63.9 Å². The Hall–Kier alpha value is -3.35. The van der Waals surface area contributed by atoms with E-state index in [1.165, 1.54) is 0 Å². The summed E-state index contributed by atoms with van der Waals surface area (Å²) in [6, 6.07) is 11.9. The molecule has 1 aromatic heterocycles. The Morgan fingerprint density at radius 2 is 2.00 bits per heavy atom. The van der Waals surface area contributed by atoms with Crippen LogP contribution in [0.1, 0.15) is 28.8 Å². The van der Waals surface area contributed by atoms with E-state index < -0.39 is 0 Å². The van der Waals surface area contributed by atoms with Gasteiger partial charge in [-0.1, -0.05) is 17.3 Å². The van der Waals surface area contributed by atoms with Crippen LogP contribution in [0.25, 0.3) is 10.9 Å². The van der Waals surface area contributed by atoms with Crippen LogP contribution < -0.4 is 10.9 Å². The Balaban J connectivity index is 1.66. The van der Waals surface area contributed by atoms with Crippen LogP contribution >= 0.6 is 0 Å². The van der Waals surface area contributed by atoms with Crippen molar-refractivity contribution in [2.24, 2.45) is 0 Å². The first kappa shape index (κ1) is 15.2. The zero-order valence-electron chi connectivity index (χ0n) is 13.4. The lowest BCUT2D eigenvalue weighted by molar-refractivity contribution is -0.116. The average Bonchev–Trinajstić information content (AvgIpc) is 2.91. The van der Waals surface area contributed by atoms with Crippen LogP contribution in [-0.2, 0) is 11.3 Å². The number of carbonyl (C=O) groups is 2. The van der Waals surface area contributed by atoms with Crippen LogP contribution in [0, 0.1) is 0 Å². The van der Waals surface area contributed by atoms with E-state index in [9.17, 15) is 14.4 Å². The van der Waals surface area contributed by atoms with Gasteiger partial charge < -0.3 is 5.32 Å². The Labute approximate surface area is 142 Å². The average molecular weight is 334 g/mol. The quantitative estimate of drug-likeness (QED) is 0.736. The molecule has 0 aliphatic carbocycles. The molecule has 7 heteroatoms. The fraction of sp³-hybridized carbons (Fsp3) is 0.167. The predicted octanol–water partition coefficient (Wildman–Crippen LogP) is 1.73. The van der Waals surface area contributed by atoms with Gasteiger partial charge in [-0.05, 0) is 42.8 Å². The third-order valence-corrected chi connectivity index (χ3v) is 4.41. The number of nitrogens with one attached hydrogen (secondary N) is 1. The lowest BCUT2D eigenvalue weighted by Gasteiger charge is -2.07. The molecule has 0 saturated heterocycles. The summed E-state index contributed by atoms with van der Waals surface area (Å²) in [7, 11) is 0. The molecule has 1 atom stereocenters. The SMILES string of the molecule is C[C@@H]1C(=O)Nc2ccc(C(=O)Cn3nnc4ccccc4c3=O)cc21.